The highest BCUT2D eigenvalue weighted by Gasteiger charge is 2.63. The Kier molecular flexibility index (Phi) is 6.30. The predicted molar refractivity (Wildman–Crippen MR) is 216 cm³/mol. The fourth-order valence-corrected chi connectivity index (χ4v) is 11.1. The van der Waals surface area contributed by atoms with Crippen LogP contribution < -0.4 is 20.7 Å². The summed E-state index contributed by atoms with van der Waals surface area (Å²) >= 11 is 0. The Bertz CT molecular complexity index is 2190. The van der Waals surface area contributed by atoms with Crippen LogP contribution in [0.15, 0.2) is 72.2 Å². The Labute approximate surface area is 302 Å². The van der Waals surface area contributed by atoms with Gasteiger partial charge in [-0.2, -0.15) is 0 Å². The second-order valence-electron chi connectivity index (χ2n) is 19.5. The molecule has 0 spiro atoms. The van der Waals surface area contributed by atoms with Crippen LogP contribution in [0.3, 0.4) is 0 Å². The molecule has 1 saturated carbocycles. The number of nitrogens with zero attached hydrogens (tertiary/aromatic N) is 2. The number of allylic oxidation sites excluding steroid dienone is 1. The molecule has 2 aliphatic carbocycles. The standard InChI is InChI=1S/C47H55BN2/c1-28-23-37-39-38(24-28)50-41-34(46(11)21-15-16-22-47(46,50)12)26-31(44(6,7)8)27-35(41)48(39)42-40(32-17-13-14-18-33(32)45(42,9)10)49(37)36-20-19-30(25-29(36)2)43(3,4)5/h13-14,17-20,23-27H,15-16,21-22H2,1-12H3. The first kappa shape index (κ1) is 32.2. The van der Waals surface area contributed by atoms with Crippen molar-refractivity contribution in [3.8, 4) is 0 Å². The highest BCUT2D eigenvalue weighted by Crippen LogP contribution is 2.64. The van der Waals surface area contributed by atoms with Gasteiger partial charge in [0.05, 0.1) is 5.54 Å². The van der Waals surface area contributed by atoms with E-state index in [2.05, 4.69) is 160 Å². The predicted octanol–water partition coefficient (Wildman–Crippen LogP) is 11.0. The molecule has 256 valence electrons. The van der Waals surface area contributed by atoms with E-state index in [-0.39, 0.29) is 33.9 Å². The van der Waals surface area contributed by atoms with Crippen LogP contribution in [0.1, 0.15) is 134 Å². The van der Waals surface area contributed by atoms with Crippen molar-refractivity contribution in [2.45, 2.75) is 136 Å². The molecule has 2 unspecified atom stereocenters. The van der Waals surface area contributed by atoms with Crippen LogP contribution in [-0.4, -0.2) is 12.3 Å². The molecule has 3 heteroatoms. The van der Waals surface area contributed by atoms with E-state index in [4.69, 9.17) is 0 Å². The summed E-state index contributed by atoms with van der Waals surface area (Å²) in [6.45, 7) is 29.3. The topological polar surface area (TPSA) is 6.48 Å². The zero-order valence-electron chi connectivity index (χ0n) is 32.7. The maximum Gasteiger partial charge on any atom is 0.248 e. The van der Waals surface area contributed by atoms with Crippen molar-refractivity contribution >= 4 is 46.1 Å². The molecule has 50 heavy (non-hydrogen) atoms. The van der Waals surface area contributed by atoms with Crippen LogP contribution in [0.4, 0.5) is 22.7 Å². The summed E-state index contributed by atoms with van der Waals surface area (Å²) in [5.41, 5.74) is 21.7. The van der Waals surface area contributed by atoms with Crippen molar-refractivity contribution in [2.24, 2.45) is 0 Å². The minimum atomic E-state index is -0.139. The fourth-order valence-electron chi connectivity index (χ4n) is 11.1. The van der Waals surface area contributed by atoms with Gasteiger partial charge in [0.2, 0.25) is 6.71 Å². The minimum absolute atomic E-state index is 0.0172. The molecular formula is C47H55BN2. The lowest BCUT2D eigenvalue weighted by Gasteiger charge is -2.53. The molecule has 4 aromatic rings. The molecule has 4 aromatic carbocycles. The van der Waals surface area contributed by atoms with Crippen LogP contribution in [0.2, 0.25) is 0 Å². The smallest absolute Gasteiger partial charge is 0.248 e. The maximum atomic E-state index is 2.89. The summed E-state index contributed by atoms with van der Waals surface area (Å²) in [5, 5.41) is 0. The third kappa shape index (κ3) is 3.88. The Morgan fingerprint density at radius 3 is 2.06 bits per heavy atom. The first-order chi connectivity index (χ1) is 23.4. The zero-order valence-corrected chi connectivity index (χ0v) is 32.7. The third-order valence-corrected chi connectivity index (χ3v) is 14.1. The molecule has 2 nitrogen and oxygen atoms in total. The molecule has 0 saturated heterocycles. The highest BCUT2D eigenvalue weighted by atomic mass is 15.3. The quantitative estimate of drug-likeness (QED) is 0.188. The molecule has 3 heterocycles. The molecule has 1 fully saturated rings. The normalized spacial score (nSPS) is 24.2. The summed E-state index contributed by atoms with van der Waals surface area (Å²) in [7, 11) is 0. The molecule has 3 aliphatic heterocycles. The van der Waals surface area contributed by atoms with Gasteiger partial charge in [0.25, 0.3) is 0 Å². The van der Waals surface area contributed by atoms with Gasteiger partial charge in [0.1, 0.15) is 0 Å². The summed E-state index contributed by atoms with van der Waals surface area (Å²) in [5.74, 6) is 0. The van der Waals surface area contributed by atoms with Crippen LogP contribution in [-0.2, 0) is 21.7 Å². The van der Waals surface area contributed by atoms with E-state index >= 15 is 0 Å². The van der Waals surface area contributed by atoms with Gasteiger partial charge in [0, 0.05) is 44.8 Å². The lowest BCUT2D eigenvalue weighted by Crippen LogP contribution is -2.62. The van der Waals surface area contributed by atoms with Crippen molar-refractivity contribution in [2.75, 3.05) is 9.80 Å². The Hall–Kier alpha value is -3.72. The lowest BCUT2D eigenvalue weighted by atomic mass is 9.30. The fraction of sp³-hybridized carbons (Fsp3) is 0.447. The molecule has 0 bridgehead atoms. The van der Waals surface area contributed by atoms with Gasteiger partial charge in [-0.05, 0) is 107 Å². The number of fused-ring (bicyclic) bond motifs is 8. The average Bonchev–Trinajstić information content (AvgIpc) is 3.40. The van der Waals surface area contributed by atoms with Gasteiger partial charge in [-0.3, -0.25) is 0 Å². The SMILES string of the molecule is Cc1cc2c3c(c1)N1c4c(cc(C(C)(C)C)cc4C4(C)CCCCC14C)B3C1=C(c3ccccc3C1(C)C)N2c1ccc(C(C)(C)C)cc1C. The molecule has 0 amide bonds. The lowest BCUT2D eigenvalue weighted by molar-refractivity contribution is 0.195. The Morgan fingerprint density at radius 1 is 0.680 bits per heavy atom. The van der Waals surface area contributed by atoms with E-state index in [1.165, 1.54) is 98.4 Å². The maximum absolute atomic E-state index is 2.89. The number of hydrogen-bond donors (Lipinski definition) is 0. The number of rotatable bonds is 1. The highest BCUT2D eigenvalue weighted by molar-refractivity contribution is 6.96. The van der Waals surface area contributed by atoms with Crippen molar-refractivity contribution in [3.05, 3.63) is 111 Å². The summed E-state index contributed by atoms with van der Waals surface area (Å²) in [6.07, 6.45) is 5.06. The van der Waals surface area contributed by atoms with Crippen LogP contribution >= 0.6 is 0 Å². The molecule has 9 rings (SSSR count). The average molecular weight is 659 g/mol. The Morgan fingerprint density at radius 2 is 1.36 bits per heavy atom. The van der Waals surface area contributed by atoms with Crippen molar-refractivity contribution in [3.63, 3.8) is 0 Å². The largest absolute Gasteiger partial charge is 0.335 e. The van der Waals surface area contributed by atoms with Gasteiger partial charge < -0.3 is 9.80 Å². The van der Waals surface area contributed by atoms with Crippen molar-refractivity contribution < 1.29 is 0 Å². The van der Waals surface area contributed by atoms with Crippen LogP contribution in [0, 0.1) is 13.8 Å². The second kappa shape index (κ2) is 9.78. The molecule has 0 N–H and O–H groups in total. The van der Waals surface area contributed by atoms with Gasteiger partial charge in [-0.1, -0.05) is 129 Å². The van der Waals surface area contributed by atoms with E-state index in [1.54, 1.807) is 11.0 Å². The summed E-state index contributed by atoms with van der Waals surface area (Å²) < 4.78 is 0. The van der Waals surface area contributed by atoms with E-state index in [0.29, 0.717) is 0 Å². The van der Waals surface area contributed by atoms with E-state index < -0.39 is 0 Å². The first-order valence-electron chi connectivity index (χ1n) is 19.3. The van der Waals surface area contributed by atoms with Crippen molar-refractivity contribution in [1.29, 1.82) is 0 Å². The molecule has 2 atom stereocenters. The second-order valence-corrected chi connectivity index (χ2v) is 19.5. The van der Waals surface area contributed by atoms with Gasteiger partial charge in [-0.15, -0.1) is 0 Å². The van der Waals surface area contributed by atoms with Gasteiger partial charge >= 0.3 is 0 Å². The molecule has 0 radical (unpaired) electrons. The van der Waals surface area contributed by atoms with Gasteiger partial charge in [-0.25, -0.2) is 0 Å². The first-order valence-corrected chi connectivity index (χ1v) is 19.3. The summed E-state index contributed by atoms with van der Waals surface area (Å²) in [6, 6.07) is 26.9. The summed E-state index contributed by atoms with van der Waals surface area (Å²) in [4.78, 5) is 5.59. The number of aryl methyl sites for hydroxylation is 2. The van der Waals surface area contributed by atoms with Crippen LogP contribution in [0.25, 0.3) is 5.70 Å². The van der Waals surface area contributed by atoms with Gasteiger partial charge in [0.15, 0.2) is 0 Å². The zero-order chi connectivity index (χ0) is 35.5. The third-order valence-electron chi connectivity index (χ3n) is 14.1. The molecule has 0 aromatic heterocycles. The molecular weight excluding hydrogens is 603 g/mol. The number of anilines is 4. The van der Waals surface area contributed by atoms with E-state index in [9.17, 15) is 0 Å². The number of benzene rings is 4. The van der Waals surface area contributed by atoms with E-state index in [1.807, 2.05) is 0 Å². The monoisotopic (exact) mass is 658 g/mol. The molecule has 5 aliphatic rings. The van der Waals surface area contributed by atoms with E-state index in [0.717, 1.165) is 0 Å². The number of hydrogen-bond acceptors (Lipinski definition) is 2. The Balaban J connectivity index is 1.44. The van der Waals surface area contributed by atoms with Crippen LogP contribution in [0.5, 0.6) is 0 Å². The minimum Gasteiger partial charge on any atom is -0.335 e. The van der Waals surface area contributed by atoms with Crippen molar-refractivity contribution in [1.82, 2.24) is 0 Å².